The van der Waals surface area contributed by atoms with Gasteiger partial charge in [-0.05, 0) is 59.6 Å². The predicted molar refractivity (Wildman–Crippen MR) is 113 cm³/mol. The summed E-state index contributed by atoms with van der Waals surface area (Å²) in [5, 5.41) is 9.86. The van der Waals surface area contributed by atoms with Crippen molar-refractivity contribution in [3.05, 3.63) is 70.4 Å². The van der Waals surface area contributed by atoms with E-state index in [1.807, 2.05) is 29.6 Å². The molecule has 0 saturated heterocycles. The predicted octanol–water partition coefficient (Wildman–Crippen LogP) is 5.01. The van der Waals surface area contributed by atoms with E-state index in [0.29, 0.717) is 22.7 Å². The van der Waals surface area contributed by atoms with Crippen molar-refractivity contribution < 1.29 is 14.3 Å². The Morgan fingerprint density at radius 2 is 2.11 bits per heavy atom. The Balaban J connectivity index is 1.50. The smallest absolute Gasteiger partial charge is 0.265 e. The van der Waals surface area contributed by atoms with Gasteiger partial charge >= 0.3 is 0 Å². The highest BCUT2D eigenvalue weighted by Crippen LogP contribution is 2.33. The molecule has 2 aromatic carbocycles. The number of benzene rings is 2. The SMILES string of the molecule is C[C@@H]1Oc2ccc(NC(=O)c3ccccc3SCc3ccsc3)cc2NC1=O. The highest BCUT2D eigenvalue weighted by atomic mass is 32.2. The second-order valence-electron chi connectivity index (χ2n) is 6.33. The Morgan fingerprint density at radius 1 is 1.25 bits per heavy atom. The Hall–Kier alpha value is -2.77. The third kappa shape index (κ3) is 4.05. The molecule has 0 spiro atoms. The summed E-state index contributed by atoms with van der Waals surface area (Å²) in [6.45, 7) is 1.69. The van der Waals surface area contributed by atoms with Crippen LogP contribution in [-0.4, -0.2) is 17.9 Å². The van der Waals surface area contributed by atoms with Gasteiger partial charge in [-0.3, -0.25) is 9.59 Å². The van der Waals surface area contributed by atoms with Gasteiger partial charge in [0.2, 0.25) is 0 Å². The van der Waals surface area contributed by atoms with Crippen LogP contribution < -0.4 is 15.4 Å². The number of thioether (sulfide) groups is 1. The van der Waals surface area contributed by atoms with Gasteiger partial charge in [0.15, 0.2) is 6.10 Å². The summed E-state index contributed by atoms with van der Waals surface area (Å²) in [6.07, 6.45) is -0.528. The van der Waals surface area contributed by atoms with Gasteiger partial charge in [-0.2, -0.15) is 11.3 Å². The number of ether oxygens (including phenoxy) is 1. The number of nitrogens with one attached hydrogen (secondary N) is 2. The number of hydrogen-bond donors (Lipinski definition) is 2. The van der Waals surface area contributed by atoms with Crippen molar-refractivity contribution in [3.63, 3.8) is 0 Å². The molecule has 2 heterocycles. The maximum atomic E-state index is 12.8. The quantitative estimate of drug-likeness (QED) is 0.580. The molecule has 1 atom stereocenters. The summed E-state index contributed by atoms with van der Waals surface area (Å²) in [5.41, 5.74) is 3.01. The first-order valence-corrected chi connectivity index (χ1v) is 10.7. The molecule has 28 heavy (non-hydrogen) atoms. The molecule has 4 rings (SSSR count). The zero-order valence-corrected chi connectivity index (χ0v) is 16.7. The number of fused-ring (bicyclic) bond motifs is 1. The summed E-state index contributed by atoms with van der Waals surface area (Å²) in [5.74, 6) is 1.02. The fourth-order valence-electron chi connectivity index (χ4n) is 2.80. The summed E-state index contributed by atoms with van der Waals surface area (Å²) in [7, 11) is 0. The molecular weight excluding hydrogens is 392 g/mol. The van der Waals surface area contributed by atoms with Crippen LogP contribution in [-0.2, 0) is 10.5 Å². The van der Waals surface area contributed by atoms with Gasteiger partial charge < -0.3 is 15.4 Å². The molecular formula is C21H18N2O3S2. The van der Waals surface area contributed by atoms with Crippen molar-refractivity contribution >= 4 is 46.3 Å². The van der Waals surface area contributed by atoms with Crippen LogP contribution in [0, 0.1) is 0 Å². The zero-order chi connectivity index (χ0) is 19.5. The van der Waals surface area contributed by atoms with Gasteiger partial charge in [-0.1, -0.05) is 12.1 Å². The standard InChI is InChI=1S/C21H18N2O3S2/c1-13-20(24)23-17-10-15(6-7-18(17)26-13)22-21(25)16-4-2-3-5-19(16)28-12-14-8-9-27-11-14/h2-11,13H,12H2,1H3,(H,22,25)(H,23,24)/t13-/m0/s1. The van der Waals surface area contributed by atoms with Crippen molar-refractivity contribution in [2.75, 3.05) is 10.6 Å². The molecule has 2 amide bonds. The average Bonchev–Trinajstić information content (AvgIpc) is 3.21. The van der Waals surface area contributed by atoms with Crippen molar-refractivity contribution in [2.24, 2.45) is 0 Å². The van der Waals surface area contributed by atoms with Crippen molar-refractivity contribution in [3.8, 4) is 5.75 Å². The number of amides is 2. The Morgan fingerprint density at radius 3 is 2.93 bits per heavy atom. The van der Waals surface area contributed by atoms with E-state index in [-0.39, 0.29) is 11.8 Å². The zero-order valence-electron chi connectivity index (χ0n) is 15.1. The van der Waals surface area contributed by atoms with E-state index in [1.165, 1.54) is 5.56 Å². The summed E-state index contributed by atoms with van der Waals surface area (Å²) in [6, 6.07) is 14.9. The number of carbonyl (C=O) groups excluding carboxylic acids is 2. The number of carbonyl (C=O) groups is 2. The van der Waals surface area contributed by atoms with E-state index < -0.39 is 6.10 Å². The normalized spacial score (nSPS) is 15.3. The molecule has 1 aliphatic rings. The first-order chi connectivity index (χ1) is 13.6. The minimum absolute atomic E-state index is 0.190. The summed E-state index contributed by atoms with van der Waals surface area (Å²) < 4.78 is 5.55. The number of hydrogen-bond acceptors (Lipinski definition) is 5. The van der Waals surface area contributed by atoms with Crippen molar-refractivity contribution in [2.45, 2.75) is 23.7 Å². The second kappa shape index (κ2) is 8.08. The van der Waals surface area contributed by atoms with Crippen LogP contribution in [0.15, 0.2) is 64.2 Å². The minimum Gasteiger partial charge on any atom is -0.479 e. The molecule has 1 aliphatic heterocycles. The minimum atomic E-state index is -0.528. The lowest BCUT2D eigenvalue weighted by molar-refractivity contribution is -0.122. The lowest BCUT2D eigenvalue weighted by atomic mass is 10.2. The largest absolute Gasteiger partial charge is 0.479 e. The highest BCUT2D eigenvalue weighted by Gasteiger charge is 2.23. The van der Waals surface area contributed by atoms with Gasteiger partial charge in [-0.25, -0.2) is 0 Å². The fourth-order valence-corrected chi connectivity index (χ4v) is 4.57. The highest BCUT2D eigenvalue weighted by molar-refractivity contribution is 7.98. The monoisotopic (exact) mass is 410 g/mol. The number of thiophene rings is 1. The van der Waals surface area contributed by atoms with Gasteiger partial charge in [-0.15, -0.1) is 11.8 Å². The van der Waals surface area contributed by atoms with Crippen molar-refractivity contribution in [1.82, 2.24) is 0 Å². The van der Waals surface area contributed by atoms with Gasteiger partial charge in [0.25, 0.3) is 11.8 Å². The summed E-state index contributed by atoms with van der Waals surface area (Å²) in [4.78, 5) is 25.6. The van der Waals surface area contributed by atoms with Gasteiger partial charge in [0.05, 0.1) is 11.3 Å². The van der Waals surface area contributed by atoms with E-state index in [4.69, 9.17) is 4.74 Å². The third-order valence-electron chi connectivity index (χ3n) is 4.27. The van der Waals surface area contributed by atoms with E-state index in [2.05, 4.69) is 22.1 Å². The second-order valence-corrected chi connectivity index (χ2v) is 8.13. The molecule has 7 heteroatoms. The molecule has 0 fully saturated rings. The first-order valence-electron chi connectivity index (χ1n) is 8.76. The molecule has 0 radical (unpaired) electrons. The Bertz CT molecular complexity index is 1020. The van der Waals surface area contributed by atoms with Crippen LogP contribution in [0.5, 0.6) is 5.75 Å². The van der Waals surface area contributed by atoms with Crippen LogP contribution in [0.4, 0.5) is 11.4 Å². The van der Waals surface area contributed by atoms with E-state index in [9.17, 15) is 9.59 Å². The maximum absolute atomic E-state index is 12.8. The lowest BCUT2D eigenvalue weighted by Crippen LogP contribution is -2.34. The van der Waals surface area contributed by atoms with Gasteiger partial charge in [0.1, 0.15) is 5.75 Å². The molecule has 142 valence electrons. The van der Waals surface area contributed by atoms with Crippen LogP contribution >= 0.6 is 23.1 Å². The number of anilines is 2. The Kier molecular flexibility index (Phi) is 5.36. The van der Waals surface area contributed by atoms with Crippen LogP contribution in [0.3, 0.4) is 0 Å². The van der Waals surface area contributed by atoms with E-state index in [1.54, 1.807) is 48.2 Å². The molecule has 0 bridgehead atoms. The molecule has 0 aliphatic carbocycles. The Labute approximate surface area is 171 Å². The van der Waals surface area contributed by atoms with Crippen LogP contribution in [0.25, 0.3) is 0 Å². The van der Waals surface area contributed by atoms with Crippen LogP contribution in [0.1, 0.15) is 22.8 Å². The molecule has 1 aromatic heterocycles. The molecule has 5 nitrogen and oxygen atoms in total. The van der Waals surface area contributed by atoms with E-state index >= 15 is 0 Å². The maximum Gasteiger partial charge on any atom is 0.265 e. The fraction of sp³-hybridized carbons (Fsp3) is 0.143. The molecule has 0 saturated carbocycles. The summed E-state index contributed by atoms with van der Waals surface area (Å²) >= 11 is 3.30. The van der Waals surface area contributed by atoms with E-state index in [0.717, 1.165) is 10.6 Å². The molecule has 2 N–H and O–H groups in total. The molecule has 0 unspecified atom stereocenters. The van der Waals surface area contributed by atoms with Gasteiger partial charge in [0, 0.05) is 16.3 Å². The molecule has 3 aromatic rings. The number of rotatable bonds is 5. The average molecular weight is 411 g/mol. The lowest BCUT2D eigenvalue weighted by Gasteiger charge is -2.23. The van der Waals surface area contributed by atoms with Crippen LogP contribution in [0.2, 0.25) is 0 Å². The third-order valence-corrected chi connectivity index (χ3v) is 6.15. The first kappa shape index (κ1) is 18.6. The topological polar surface area (TPSA) is 67.4 Å². The van der Waals surface area contributed by atoms with Crippen molar-refractivity contribution in [1.29, 1.82) is 0 Å².